The number of hydrogen-bond donors (Lipinski definition) is 2. The molecule has 1 aliphatic heterocycles. The molecule has 1 aliphatic rings. The first-order valence-corrected chi connectivity index (χ1v) is 6.51. The summed E-state index contributed by atoms with van der Waals surface area (Å²) in [6.07, 6.45) is 1.79. The number of amides is 2. The van der Waals surface area contributed by atoms with Gasteiger partial charge >= 0.3 is 6.03 Å². The van der Waals surface area contributed by atoms with E-state index < -0.39 is 0 Å². The third-order valence-electron chi connectivity index (χ3n) is 3.29. The monoisotopic (exact) mass is 267 g/mol. The van der Waals surface area contributed by atoms with E-state index in [2.05, 4.69) is 5.32 Å². The lowest BCUT2D eigenvalue weighted by Crippen LogP contribution is -2.44. The van der Waals surface area contributed by atoms with Crippen LogP contribution in [-0.2, 0) is 0 Å². The topological polar surface area (TPSA) is 58.4 Å². The minimum absolute atomic E-state index is 0.332. The van der Waals surface area contributed by atoms with Crippen LogP contribution in [0.25, 0.3) is 0 Å². The molecule has 1 aromatic rings. The van der Waals surface area contributed by atoms with Crippen molar-refractivity contribution in [3.63, 3.8) is 0 Å². The van der Waals surface area contributed by atoms with E-state index in [9.17, 15) is 4.79 Å². The quantitative estimate of drug-likeness (QED) is 0.865. The number of halogens is 1. The minimum Gasteiger partial charge on any atom is -0.381 e. The van der Waals surface area contributed by atoms with Crippen molar-refractivity contribution in [2.75, 3.05) is 18.4 Å². The van der Waals surface area contributed by atoms with Crippen molar-refractivity contribution in [2.45, 2.75) is 25.8 Å². The first-order chi connectivity index (χ1) is 8.56. The highest BCUT2D eigenvalue weighted by atomic mass is 35.5. The van der Waals surface area contributed by atoms with E-state index in [1.165, 1.54) is 0 Å². The van der Waals surface area contributed by atoms with Crippen LogP contribution >= 0.6 is 11.6 Å². The van der Waals surface area contributed by atoms with Gasteiger partial charge < -0.3 is 16.0 Å². The molecule has 0 spiro atoms. The first kappa shape index (κ1) is 13.0. The van der Waals surface area contributed by atoms with E-state index in [0.717, 1.165) is 29.1 Å². The molecule has 0 unspecified atom stereocenters. The summed E-state index contributed by atoms with van der Waals surface area (Å²) < 4.78 is 0. The summed E-state index contributed by atoms with van der Waals surface area (Å²) in [4.78, 5) is 12.7. The molecular weight excluding hydrogens is 250 g/mol. The smallest absolute Gasteiger partial charge is 0.314 e. The van der Waals surface area contributed by atoms with Gasteiger partial charge in [0.2, 0.25) is 0 Å². The first-order valence-electron chi connectivity index (χ1n) is 6.13. The Morgan fingerprint density at radius 1 is 1.44 bits per heavy atom. The van der Waals surface area contributed by atoms with Gasteiger partial charge in [0, 0.05) is 19.1 Å². The van der Waals surface area contributed by atoms with Crippen LogP contribution in [0.5, 0.6) is 0 Å². The Morgan fingerprint density at radius 2 is 2.11 bits per heavy atom. The lowest BCUT2D eigenvalue weighted by atomic mass is 10.0. The number of carbonyl (C=O) groups is 1. The van der Waals surface area contributed by atoms with Gasteiger partial charge in [0.05, 0.1) is 10.7 Å². The van der Waals surface area contributed by atoms with Gasteiger partial charge in [0.25, 0.3) is 0 Å². The zero-order valence-electron chi connectivity index (χ0n) is 10.4. The van der Waals surface area contributed by atoms with Crippen molar-refractivity contribution in [3.8, 4) is 0 Å². The molecule has 1 aromatic carbocycles. The summed E-state index contributed by atoms with van der Waals surface area (Å²) in [7, 11) is 0. The van der Waals surface area contributed by atoms with Crippen molar-refractivity contribution in [1.82, 2.24) is 4.90 Å². The Bertz CT molecular complexity index is 442. The number of aryl methyl sites for hydroxylation is 1. The van der Waals surface area contributed by atoms with Gasteiger partial charge in [-0.2, -0.15) is 0 Å². The molecular formula is C13H18ClN3O. The van der Waals surface area contributed by atoms with Gasteiger partial charge in [-0.05, 0) is 37.5 Å². The van der Waals surface area contributed by atoms with Gasteiger partial charge in [0.1, 0.15) is 0 Å². The van der Waals surface area contributed by atoms with E-state index in [1.54, 1.807) is 4.90 Å². The maximum Gasteiger partial charge on any atom is 0.314 e. The highest BCUT2D eigenvalue weighted by Crippen LogP contribution is 2.25. The molecule has 98 valence electrons. The van der Waals surface area contributed by atoms with Crippen molar-refractivity contribution < 1.29 is 4.79 Å². The number of anilines is 1. The van der Waals surface area contributed by atoms with Gasteiger partial charge in [-0.3, -0.25) is 0 Å². The predicted molar refractivity (Wildman–Crippen MR) is 74.0 cm³/mol. The normalized spacial score (nSPS) is 16.7. The van der Waals surface area contributed by atoms with Crippen LogP contribution in [0.2, 0.25) is 5.02 Å². The van der Waals surface area contributed by atoms with Crippen molar-refractivity contribution in [2.24, 2.45) is 5.73 Å². The van der Waals surface area contributed by atoms with Crippen LogP contribution in [-0.4, -0.2) is 30.1 Å². The Morgan fingerprint density at radius 3 is 2.67 bits per heavy atom. The average molecular weight is 268 g/mol. The number of hydrogen-bond acceptors (Lipinski definition) is 2. The van der Waals surface area contributed by atoms with Crippen molar-refractivity contribution in [1.29, 1.82) is 0 Å². The number of rotatable bonds is 2. The fourth-order valence-electron chi connectivity index (χ4n) is 2.20. The molecule has 1 saturated heterocycles. The molecule has 0 bridgehead atoms. The van der Waals surface area contributed by atoms with Crippen LogP contribution in [0.15, 0.2) is 18.2 Å². The van der Waals surface area contributed by atoms with Crippen molar-refractivity contribution >= 4 is 23.3 Å². The highest BCUT2D eigenvalue weighted by molar-refractivity contribution is 6.33. The number of piperidine rings is 1. The maximum atomic E-state index is 11.0. The average Bonchev–Trinajstić information content (AvgIpc) is 2.33. The van der Waals surface area contributed by atoms with Crippen LogP contribution < -0.4 is 11.1 Å². The second kappa shape index (κ2) is 5.48. The van der Waals surface area contributed by atoms with Crippen molar-refractivity contribution in [3.05, 3.63) is 28.8 Å². The molecule has 0 aromatic heterocycles. The zero-order valence-corrected chi connectivity index (χ0v) is 11.2. The molecule has 3 N–H and O–H groups in total. The van der Waals surface area contributed by atoms with Crippen LogP contribution in [0.3, 0.4) is 0 Å². The number of nitrogens with zero attached hydrogens (tertiary/aromatic N) is 1. The highest BCUT2D eigenvalue weighted by Gasteiger charge is 2.21. The number of likely N-dealkylation sites (tertiary alicyclic amines) is 1. The van der Waals surface area contributed by atoms with Gasteiger partial charge in [0.15, 0.2) is 0 Å². The number of nitrogens with one attached hydrogen (secondary N) is 1. The number of carbonyl (C=O) groups excluding carboxylic acids is 1. The lowest BCUT2D eigenvalue weighted by Gasteiger charge is -2.31. The minimum atomic E-state index is -0.332. The molecule has 4 nitrogen and oxygen atoms in total. The predicted octanol–water partition coefficient (Wildman–Crippen LogP) is 2.60. The summed E-state index contributed by atoms with van der Waals surface area (Å²) in [5, 5.41) is 4.17. The zero-order chi connectivity index (χ0) is 13.1. The third kappa shape index (κ3) is 3.07. The summed E-state index contributed by atoms with van der Waals surface area (Å²) >= 11 is 6.18. The Kier molecular flexibility index (Phi) is 3.97. The standard InChI is InChI=1S/C13H18ClN3O/c1-9-2-3-12(11(14)8-9)16-10-4-6-17(7-5-10)13(15)18/h2-3,8,10,16H,4-7H2,1H3,(H2,15,18). The molecule has 0 radical (unpaired) electrons. The van der Waals surface area contributed by atoms with E-state index in [1.807, 2.05) is 25.1 Å². The van der Waals surface area contributed by atoms with E-state index in [4.69, 9.17) is 17.3 Å². The lowest BCUT2D eigenvalue weighted by molar-refractivity contribution is 0.193. The Balaban J connectivity index is 1.93. The molecule has 2 rings (SSSR count). The Labute approximate surface area is 112 Å². The molecule has 2 amide bonds. The van der Waals surface area contributed by atoms with E-state index in [0.29, 0.717) is 19.1 Å². The molecule has 18 heavy (non-hydrogen) atoms. The molecule has 0 atom stereocenters. The molecule has 5 heteroatoms. The second-order valence-electron chi connectivity index (χ2n) is 4.73. The SMILES string of the molecule is Cc1ccc(NC2CCN(C(N)=O)CC2)c(Cl)c1. The number of urea groups is 1. The molecule has 1 fully saturated rings. The fraction of sp³-hybridized carbons (Fsp3) is 0.462. The third-order valence-corrected chi connectivity index (χ3v) is 3.60. The molecule has 0 aliphatic carbocycles. The van der Waals surface area contributed by atoms with Gasteiger partial charge in [-0.15, -0.1) is 0 Å². The Hall–Kier alpha value is -1.42. The van der Waals surface area contributed by atoms with Gasteiger partial charge in [-0.1, -0.05) is 17.7 Å². The summed E-state index contributed by atoms with van der Waals surface area (Å²) in [5.74, 6) is 0. The van der Waals surface area contributed by atoms with Crippen LogP contribution in [0, 0.1) is 6.92 Å². The second-order valence-corrected chi connectivity index (χ2v) is 5.13. The summed E-state index contributed by atoms with van der Waals surface area (Å²) in [6.45, 7) is 3.42. The summed E-state index contributed by atoms with van der Waals surface area (Å²) in [6, 6.07) is 6.00. The van der Waals surface area contributed by atoms with E-state index >= 15 is 0 Å². The van der Waals surface area contributed by atoms with Crippen LogP contribution in [0.1, 0.15) is 18.4 Å². The van der Waals surface area contributed by atoms with Crippen LogP contribution in [0.4, 0.5) is 10.5 Å². The number of primary amides is 1. The molecule has 1 heterocycles. The maximum absolute atomic E-state index is 11.0. The largest absolute Gasteiger partial charge is 0.381 e. The summed E-state index contributed by atoms with van der Waals surface area (Å²) in [5.41, 5.74) is 7.36. The number of nitrogens with two attached hydrogens (primary N) is 1. The van der Waals surface area contributed by atoms with E-state index in [-0.39, 0.29) is 6.03 Å². The number of benzene rings is 1. The van der Waals surface area contributed by atoms with Gasteiger partial charge in [-0.25, -0.2) is 4.79 Å². The fourth-order valence-corrected chi connectivity index (χ4v) is 2.49. The molecule has 0 saturated carbocycles.